The Morgan fingerprint density at radius 2 is 1.38 bits per heavy atom. The molecule has 11 nitrogen and oxygen atoms in total. The summed E-state index contributed by atoms with van der Waals surface area (Å²) >= 11 is 0. The van der Waals surface area contributed by atoms with Crippen molar-refractivity contribution in [1.82, 2.24) is 0 Å². The number of hydrogen-bond acceptors (Lipinski definition) is 7. The first-order valence-corrected chi connectivity index (χ1v) is 12.0. The smallest absolute Gasteiger partial charge is 0.466 e. The highest BCUT2D eigenvalue weighted by Crippen LogP contribution is 2.22. The first-order chi connectivity index (χ1) is 14.0. The van der Waals surface area contributed by atoms with E-state index in [1.807, 2.05) is 20.8 Å². The third kappa shape index (κ3) is 13.1. The van der Waals surface area contributed by atoms with Gasteiger partial charge in [-0.3, -0.25) is 4.79 Å². The number of carbonyl (C=O) groups is 1. The molecule has 12 heteroatoms. The van der Waals surface area contributed by atoms with Gasteiger partial charge in [-0.1, -0.05) is 10.2 Å². The molecule has 0 spiro atoms. The van der Waals surface area contributed by atoms with Crippen LogP contribution in [0.25, 0.3) is 20.9 Å². The lowest BCUT2D eigenvalue weighted by Gasteiger charge is -2.28. The zero-order valence-corrected chi connectivity index (χ0v) is 19.0. The average Bonchev–Trinajstić information content (AvgIpc) is 2.66. The Labute approximate surface area is 173 Å². The van der Waals surface area contributed by atoms with Gasteiger partial charge in [-0.25, -0.2) is 0 Å². The Hall–Kier alpha value is -1.81. The third-order valence-electron chi connectivity index (χ3n) is 4.13. The van der Waals surface area contributed by atoms with E-state index < -0.39 is 8.80 Å². The summed E-state index contributed by atoms with van der Waals surface area (Å²) in [6, 6.07) is 0.0906. The van der Waals surface area contributed by atoms with E-state index in [1.165, 1.54) is 6.92 Å². The molecule has 0 fully saturated rings. The van der Waals surface area contributed by atoms with Gasteiger partial charge in [-0.05, 0) is 63.9 Å². The molecule has 0 N–H and O–H groups in total. The highest BCUT2D eigenvalue weighted by molar-refractivity contribution is 6.60. The van der Waals surface area contributed by atoms with Gasteiger partial charge < -0.3 is 18.0 Å². The van der Waals surface area contributed by atoms with Crippen LogP contribution in [0.1, 0.15) is 59.8 Å². The van der Waals surface area contributed by atoms with Crippen LogP contribution in [0.4, 0.5) is 0 Å². The fourth-order valence-electron chi connectivity index (χ4n) is 2.94. The van der Waals surface area contributed by atoms with Gasteiger partial charge in [0.2, 0.25) is 0 Å². The zero-order valence-electron chi connectivity index (χ0n) is 18.0. The van der Waals surface area contributed by atoms with Crippen molar-refractivity contribution < 1.29 is 22.8 Å². The second-order valence-corrected chi connectivity index (χ2v) is 9.03. The predicted octanol–water partition coefficient (Wildman–Crippen LogP) is 4.91. The molecule has 0 aromatic rings. The summed E-state index contributed by atoms with van der Waals surface area (Å²) in [5.41, 5.74) is 17.6. The van der Waals surface area contributed by atoms with Crippen LogP contribution in [0.3, 0.4) is 0 Å². The Kier molecular flexibility index (Phi) is 16.0. The van der Waals surface area contributed by atoms with Crippen molar-refractivity contribution >= 4 is 14.8 Å². The van der Waals surface area contributed by atoms with Gasteiger partial charge in [0.05, 0.1) is 6.61 Å². The van der Waals surface area contributed by atoms with Crippen molar-refractivity contribution in [2.24, 2.45) is 10.2 Å². The minimum absolute atomic E-state index is 0.191. The number of ether oxygens (including phenoxy) is 1. The van der Waals surface area contributed by atoms with Crippen molar-refractivity contribution in [2.75, 3.05) is 26.4 Å². The number of azide groups is 2. The molecule has 0 aromatic heterocycles. The van der Waals surface area contributed by atoms with E-state index in [9.17, 15) is 4.79 Å². The molecule has 0 saturated heterocycles. The molecule has 0 radical (unpaired) electrons. The second-order valence-electron chi connectivity index (χ2n) is 6.30. The van der Waals surface area contributed by atoms with Gasteiger partial charge >= 0.3 is 14.8 Å². The maximum absolute atomic E-state index is 10.9. The first-order valence-electron chi connectivity index (χ1n) is 10.1. The largest absolute Gasteiger partial charge is 0.500 e. The molecular weight excluding hydrogens is 396 g/mol. The molecule has 0 aliphatic heterocycles. The lowest BCUT2D eigenvalue weighted by molar-refractivity contribution is -0.141. The summed E-state index contributed by atoms with van der Waals surface area (Å²) < 4.78 is 22.4. The summed E-state index contributed by atoms with van der Waals surface area (Å²) in [5.74, 6) is -0.373. The minimum Gasteiger partial charge on any atom is -0.466 e. The zero-order chi connectivity index (χ0) is 22.0. The van der Waals surface area contributed by atoms with E-state index in [0.29, 0.717) is 51.5 Å². The first kappa shape index (κ1) is 27.2. The van der Waals surface area contributed by atoms with Gasteiger partial charge in [0.1, 0.15) is 0 Å². The second kappa shape index (κ2) is 17.1. The summed E-state index contributed by atoms with van der Waals surface area (Å²) in [5, 5.41) is 7.62. The maximum Gasteiger partial charge on any atom is 0.500 e. The summed E-state index contributed by atoms with van der Waals surface area (Å²) in [6.45, 7) is 8.80. The molecular formula is C17H34N6O5Si. The SMILES string of the molecule is CCO[Si](CCCC(CCC(CCOC(C)=O)N=[N+]=[N-])N=[N+]=[N-])(OCC)OCC. The molecule has 0 bridgehead atoms. The number of hydrogen-bond donors (Lipinski definition) is 0. The Morgan fingerprint density at radius 3 is 1.79 bits per heavy atom. The van der Waals surface area contributed by atoms with Crippen LogP contribution in [0.2, 0.25) is 6.04 Å². The standard InChI is InChI=1S/C17H34N6O5Si/c1-5-26-29(27-6-2,28-7-3)14-8-9-16(20-22-18)10-11-17(21-23-19)12-13-25-15(4)24/h16-17H,5-14H2,1-4H3. The van der Waals surface area contributed by atoms with Crippen LogP contribution in [-0.2, 0) is 22.8 Å². The number of rotatable bonds is 18. The van der Waals surface area contributed by atoms with Crippen molar-refractivity contribution in [3.63, 3.8) is 0 Å². The monoisotopic (exact) mass is 430 g/mol. The summed E-state index contributed by atoms with van der Waals surface area (Å²) in [6.07, 6.45) is 2.93. The normalized spacial score (nSPS) is 13.1. The van der Waals surface area contributed by atoms with Crippen molar-refractivity contribution in [1.29, 1.82) is 0 Å². The fraction of sp³-hybridized carbons (Fsp3) is 0.941. The molecule has 0 rings (SSSR count). The lowest BCUT2D eigenvalue weighted by atomic mass is 10.0. The van der Waals surface area contributed by atoms with Gasteiger partial charge in [0.25, 0.3) is 0 Å². The van der Waals surface area contributed by atoms with Crippen molar-refractivity contribution in [2.45, 2.75) is 77.9 Å². The fourth-order valence-corrected chi connectivity index (χ4v) is 5.58. The molecule has 166 valence electrons. The maximum atomic E-state index is 10.9. The van der Waals surface area contributed by atoms with Crippen molar-refractivity contribution in [3.05, 3.63) is 20.9 Å². The summed E-state index contributed by atoms with van der Waals surface area (Å²) in [4.78, 5) is 16.7. The minimum atomic E-state index is -2.72. The lowest BCUT2D eigenvalue weighted by Crippen LogP contribution is -2.46. The quantitative estimate of drug-likeness (QED) is 0.0994. The van der Waals surface area contributed by atoms with Crippen LogP contribution in [0.15, 0.2) is 10.2 Å². The van der Waals surface area contributed by atoms with E-state index in [1.54, 1.807) is 0 Å². The highest BCUT2D eigenvalue weighted by Gasteiger charge is 2.39. The van der Waals surface area contributed by atoms with Crippen LogP contribution in [0, 0.1) is 0 Å². The number of carbonyl (C=O) groups excluding carboxylic acids is 1. The van der Waals surface area contributed by atoms with Crippen LogP contribution in [0.5, 0.6) is 0 Å². The van der Waals surface area contributed by atoms with Gasteiger partial charge in [-0.15, -0.1) is 0 Å². The van der Waals surface area contributed by atoms with Crippen LogP contribution < -0.4 is 0 Å². The molecule has 29 heavy (non-hydrogen) atoms. The molecule has 0 aliphatic rings. The van der Waals surface area contributed by atoms with Crippen LogP contribution >= 0.6 is 0 Å². The molecule has 0 heterocycles. The number of nitrogens with zero attached hydrogens (tertiary/aromatic N) is 6. The number of esters is 1. The van der Waals surface area contributed by atoms with Gasteiger partial charge in [-0.2, -0.15) is 0 Å². The average molecular weight is 431 g/mol. The predicted molar refractivity (Wildman–Crippen MR) is 111 cm³/mol. The topological polar surface area (TPSA) is 152 Å². The molecule has 2 atom stereocenters. The van der Waals surface area contributed by atoms with Gasteiger partial charge in [0.15, 0.2) is 0 Å². The van der Waals surface area contributed by atoms with E-state index >= 15 is 0 Å². The molecule has 0 aromatic carbocycles. The van der Waals surface area contributed by atoms with E-state index in [4.69, 9.17) is 29.1 Å². The molecule has 0 amide bonds. The Balaban J connectivity index is 4.73. The molecule has 0 aliphatic carbocycles. The summed E-state index contributed by atoms with van der Waals surface area (Å²) in [7, 11) is -2.72. The van der Waals surface area contributed by atoms with Crippen molar-refractivity contribution in [3.8, 4) is 0 Å². The van der Waals surface area contributed by atoms with Crippen LogP contribution in [-0.4, -0.2) is 53.3 Å². The van der Waals surface area contributed by atoms with E-state index in [0.717, 1.165) is 6.42 Å². The van der Waals surface area contributed by atoms with E-state index in [-0.39, 0.29) is 24.7 Å². The van der Waals surface area contributed by atoms with Gasteiger partial charge in [0, 0.05) is 54.7 Å². The third-order valence-corrected chi connectivity index (χ3v) is 7.28. The van der Waals surface area contributed by atoms with E-state index in [2.05, 4.69) is 20.1 Å². The molecule has 0 saturated carbocycles. The molecule has 2 unspecified atom stereocenters. The highest BCUT2D eigenvalue weighted by atomic mass is 28.4. The Bertz CT molecular complexity index is 537. The Morgan fingerprint density at radius 1 is 0.897 bits per heavy atom.